The zero-order valence-electron chi connectivity index (χ0n) is 17.7. The number of nitrogens with zero attached hydrogens (tertiary/aromatic N) is 4. The third-order valence-corrected chi connectivity index (χ3v) is 7.05. The number of ether oxygens (including phenoxy) is 1. The van der Waals surface area contributed by atoms with Crippen molar-refractivity contribution in [2.24, 2.45) is 0 Å². The Morgan fingerprint density at radius 3 is 2.48 bits per heavy atom. The van der Waals surface area contributed by atoms with Crippen LogP contribution >= 0.6 is 0 Å². The van der Waals surface area contributed by atoms with Crippen LogP contribution in [0.25, 0.3) is 0 Å². The molecule has 1 saturated carbocycles. The smallest absolute Gasteiger partial charge is 0.225 e. The minimum atomic E-state index is 0.170. The van der Waals surface area contributed by atoms with Crippen molar-refractivity contribution in [3.63, 3.8) is 0 Å². The standard InChI is InChI=1S/C25H28N4O2/c26-14-19-6-9-23(27-15-19)29-21-7-8-22(29)17-28(16-21)24(30)10-13-31-18-25(11-12-25)20-4-2-1-3-5-20/h1-6,9,15,21-22H,7-8,10-13,16-18H2. The molecule has 2 bridgehead atoms. The van der Waals surface area contributed by atoms with Gasteiger partial charge >= 0.3 is 0 Å². The number of pyridine rings is 1. The minimum Gasteiger partial charge on any atom is -0.380 e. The minimum absolute atomic E-state index is 0.170. The molecule has 2 aliphatic heterocycles. The summed E-state index contributed by atoms with van der Waals surface area (Å²) in [6, 6.07) is 17.0. The van der Waals surface area contributed by atoms with Crippen LogP contribution in [0.4, 0.5) is 5.82 Å². The summed E-state index contributed by atoms with van der Waals surface area (Å²) < 4.78 is 5.96. The second kappa shape index (κ2) is 8.32. The zero-order valence-corrected chi connectivity index (χ0v) is 17.7. The van der Waals surface area contributed by atoms with Crippen LogP contribution in [-0.4, -0.2) is 54.2 Å². The van der Waals surface area contributed by atoms with E-state index >= 15 is 0 Å². The lowest BCUT2D eigenvalue weighted by Crippen LogP contribution is -2.55. The van der Waals surface area contributed by atoms with E-state index < -0.39 is 0 Å². The number of amides is 1. The number of likely N-dealkylation sites (tertiary alicyclic amines) is 1. The molecule has 160 valence electrons. The van der Waals surface area contributed by atoms with Crippen molar-refractivity contribution >= 4 is 11.7 Å². The van der Waals surface area contributed by atoms with E-state index in [2.05, 4.69) is 40.2 Å². The van der Waals surface area contributed by atoms with Gasteiger partial charge in [-0.05, 0) is 43.4 Å². The Morgan fingerprint density at radius 1 is 1.13 bits per heavy atom. The van der Waals surface area contributed by atoms with Gasteiger partial charge in [-0.15, -0.1) is 0 Å². The average molecular weight is 417 g/mol. The fourth-order valence-electron chi connectivity index (χ4n) is 5.13. The first kappa shape index (κ1) is 20.0. The van der Waals surface area contributed by atoms with Gasteiger partial charge in [0.25, 0.3) is 0 Å². The summed E-state index contributed by atoms with van der Waals surface area (Å²) in [5.41, 5.74) is 2.10. The summed E-state index contributed by atoms with van der Waals surface area (Å²) in [6.07, 6.45) is 6.56. The van der Waals surface area contributed by atoms with E-state index in [1.54, 1.807) is 6.20 Å². The molecule has 2 aromatic rings. The van der Waals surface area contributed by atoms with E-state index in [-0.39, 0.29) is 11.3 Å². The predicted octanol–water partition coefficient (Wildman–Crippen LogP) is 3.27. The predicted molar refractivity (Wildman–Crippen MR) is 118 cm³/mol. The quantitative estimate of drug-likeness (QED) is 0.648. The molecule has 0 N–H and O–H groups in total. The van der Waals surface area contributed by atoms with E-state index in [4.69, 9.17) is 10.00 Å². The van der Waals surface area contributed by atoms with Gasteiger partial charge in [-0.2, -0.15) is 5.26 Å². The van der Waals surface area contributed by atoms with Gasteiger partial charge in [-0.3, -0.25) is 4.79 Å². The highest BCUT2D eigenvalue weighted by molar-refractivity contribution is 5.77. The van der Waals surface area contributed by atoms with Crippen molar-refractivity contribution in [1.29, 1.82) is 5.26 Å². The fraction of sp³-hybridized carbons (Fsp3) is 0.480. The molecule has 0 radical (unpaired) electrons. The van der Waals surface area contributed by atoms with Crippen molar-refractivity contribution in [2.45, 2.75) is 49.6 Å². The van der Waals surface area contributed by atoms with Crippen LogP contribution in [0.3, 0.4) is 0 Å². The Morgan fingerprint density at radius 2 is 1.87 bits per heavy atom. The number of hydrogen-bond acceptors (Lipinski definition) is 5. The summed E-state index contributed by atoms with van der Waals surface area (Å²) in [6.45, 7) is 2.67. The molecule has 3 heterocycles. The molecule has 5 rings (SSSR count). The van der Waals surface area contributed by atoms with Crippen LogP contribution in [0.2, 0.25) is 0 Å². The van der Waals surface area contributed by atoms with Gasteiger partial charge < -0.3 is 14.5 Å². The SMILES string of the molecule is N#Cc1ccc(N2C3CCC2CN(C(=O)CCOCC2(c4ccccc4)CC2)C3)nc1. The molecule has 1 aromatic heterocycles. The summed E-state index contributed by atoms with van der Waals surface area (Å²) in [4.78, 5) is 21.7. The summed E-state index contributed by atoms with van der Waals surface area (Å²) >= 11 is 0. The normalized spacial score (nSPS) is 23.5. The summed E-state index contributed by atoms with van der Waals surface area (Å²) in [7, 11) is 0. The monoisotopic (exact) mass is 416 g/mol. The van der Waals surface area contributed by atoms with Gasteiger partial charge in [0.05, 0.1) is 25.2 Å². The molecular weight excluding hydrogens is 388 g/mol. The number of aromatic nitrogens is 1. The lowest BCUT2D eigenvalue weighted by Gasteiger charge is -2.41. The second-order valence-corrected chi connectivity index (χ2v) is 9.06. The van der Waals surface area contributed by atoms with Gasteiger partial charge in [0.1, 0.15) is 11.9 Å². The van der Waals surface area contributed by atoms with Crippen molar-refractivity contribution in [3.05, 3.63) is 59.8 Å². The molecule has 1 amide bonds. The molecule has 0 spiro atoms. The number of fused-ring (bicyclic) bond motifs is 2. The first-order valence-corrected chi connectivity index (χ1v) is 11.2. The van der Waals surface area contributed by atoms with Gasteiger partial charge in [0.15, 0.2) is 0 Å². The Hall–Kier alpha value is -2.91. The van der Waals surface area contributed by atoms with Crippen LogP contribution in [-0.2, 0) is 14.9 Å². The first-order chi connectivity index (χ1) is 15.2. The van der Waals surface area contributed by atoms with Crippen molar-refractivity contribution < 1.29 is 9.53 Å². The lowest BCUT2D eigenvalue weighted by molar-refractivity contribution is -0.133. The molecule has 2 unspecified atom stereocenters. The highest BCUT2D eigenvalue weighted by Gasteiger charge is 2.44. The zero-order chi connectivity index (χ0) is 21.3. The Bertz CT molecular complexity index is 951. The van der Waals surface area contributed by atoms with Crippen LogP contribution in [0.15, 0.2) is 48.7 Å². The maximum Gasteiger partial charge on any atom is 0.225 e. The number of nitriles is 1. The maximum atomic E-state index is 12.8. The Labute approximate surface area is 183 Å². The van der Waals surface area contributed by atoms with E-state index in [1.807, 2.05) is 23.1 Å². The van der Waals surface area contributed by atoms with Gasteiger partial charge in [0.2, 0.25) is 5.91 Å². The highest BCUT2D eigenvalue weighted by Crippen LogP contribution is 2.48. The van der Waals surface area contributed by atoms with Crippen LogP contribution in [0.5, 0.6) is 0 Å². The number of rotatable bonds is 7. The van der Waals surface area contributed by atoms with Crippen LogP contribution < -0.4 is 4.90 Å². The molecule has 6 nitrogen and oxygen atoms in total. The number of piperazine rings is 1. The number of carbonyl (C=O) groups is 1. The third kappa shape index (κ3) is 4.03. The van der Waals surface area contributed by atoms with Crippen molar-refractivity contribution in [2.75, 3.05) is 31.2 Å². The third-order valence-electron chi connectivity index (χ3n) is 7.05. The molecule has 31 heavy (non-hydrogen) atoms. The average Bonchev–Trinajstić information content (AvgIpc) is 3.56. The number of carbonyl (C=O) groups excluding carboxylic acids is 1. The van der Waals surface area contributed by atoms with E-state index in [1.165, 1.54) is 18.4 Å². The second-order valence-electron chi connectivity index (χ2n) is 9.06. The lowest BCUT2D eigenvalue weighted by atomic mass is 9.97. The summed E-state index contributed by atoms with van der Waals surface area (Å²) in [5, 5.41) is 8.99. The van der Waals surface area contributed by atoms with Crippen LogP contribution in [0, 0.1) is 11.3 Å². The van der Waals surface area contributed by atoms with E-state index in [9.17, 15) is 4.79 Å². The van der Waals surface area contributed by atoms with Gasteiger partial charge in [0, 0.05) is 36.8 Å². The fourth-order valence-corrected chi connectivity index (χ4v) is 5.13. The number of anilines is 1. The topological polar surface area (TPSA) is 69.5 Å². The molecule has 1 aliphatic carbocycles. The molecule has 6 heteroatoms. The molecule has 3 aliphatic rings. The molecule has 2 atom stereocenters. The molecular formula is C25H28N4O2. The first-order valence-electron chi connectivity index (χ1n) is 11.2. The van der Waals surface area contributed by atoms with Crippen molar-refractivity contribution in [1.82, 2.24) is 9.88 Å². The van der Waals surface area contributed by atoms with Crippen LogP contribution in [0.1, 0.15) is 43.2 Å². The van der Waals surface area contributed by atoms with E-state index in [0.717, 1.165) is 31.7 Å². The van der Waals surface area contributed by atoms with Gasteiger partial charge in [-0.25, -0.2) is 4.98 Å². The molecule has 3 fully saturated rings. The maximum absolute atomic E-state index is 12.8. The molecule has 2 saturated heterocycles. The van der Waals surface area contributed by atoms with Gasteiger partial charge in [-0.1, -0.05) is 30.3 Å². The summed E-state index contributed by atoms with van der Waals surface area (Å²) in [5.74, 6) is 1.10. The number of benzene rings is 1. The largest absolute Gasteiger partial charge is 0.380 e. The highest BCUT2D eigenvalue weighted by atomic mass is 16.5. The number of hydrogen-bond donors (Lipinski definition) is 0. The van der Waals surface area contributed by atoms with Crippen molar-refractivity contribution in [3.8, 4) is 6.07 Å². The van der Waals surface area contributed by atoms with E-state index in [0.29, 0.717) is 37.3 Å². The Balaban J connectivity index is 1.11. The molecule has 1 aromatic carbocycles. The Kier molecular flexibility index (Phi) is 5.37.